The molecule has 0 heterocycles. The summed E-state index contributed by atoms with van der Waals surface area (Å²) in [6.45, 7) is 5.79. The molecule has 0 radical (unpaired) electrons. The first-order chi connectivity index (χ1) is 12.2. The van der Waals surface area contributed by atoms with E-state index in [1.54, 1.807) is 24.3 Å². The van der Waals surface area contributed by atoms with Gasteiger partial charge in [-0.3, -0.25) is 9.59 Å². The van der Waals surface area contributed by atoms with Gasteiger partial charge in [-0.05, 0) is 43.0 Å². The number of hydrogen-bond donors (Lipinski definition) is 3. The lowest BCUT2D eigenvalue weighted by Crippen LogP contribution is -2.44. The van der Waals surface area contributed by atoms with Crippen molar-refractivity contribution in [2.75, 3.05) is 5.32 Å². The second kappa shape index (κ2) is 11.0. The predicted molar refractivity (Wildman–Crippen MR) is 105 cm³/mol. The summed E-state index contributed by atoms with van der Waals surface area (Å²) in [5.41, 5.74) is 0.607. The minimum atomic E-state index is -0.970. The van der Waals surface area contributed by atoms with Gasteiger partial charge in [-0.15, -0.1) is 0 Å². The minimum absolute atomic E-state index is 0.0703. The Bertz CT molecular complexity index is 616. The molecule has 0 saturated carbocycles. The number of carbonyl (C=O) groups is 3. The van der Waals surface area contributed by atoms with Gasteiger partial charge in [-0.2, -0.15) is 0 Å². The molecular weight excluding hydrogens is 400 g/mol. The van der Waals surface area contributed by atoms with Crippen molar-refractivity contribution in [3.63, 3.8) is 0 Å². The Morgan fingerprint density at radius 3 is 2.27 bits per heavy atom. The van der Waals surface area contributed by atoms with Gasteiger partial charge in [0, 0.05) is 16.6 Å². The van der Waals surface area contributed by atoms with Crippen molar-refractivity contribution in [2.24, 2.45) is 11.8 Å². The van der Waals surface area contributed by atoms with Crippen LogP contribution in [0.4, 0.5) is 10.5 Å². The highest BCUT2D eigenvalue weighted by Crippen LogP contribution is 2.17. The molecule has 2 atom stereocenters. The van der Waals surface area contributed by atoms with Crippen LogP contribution >= 0.6 is 15.9 Å². The van der Waals surface area contributed by atoms with Gasteiger partial charge < -0.3 is 15.7 Å². The fourth-order valence-corrected chi connectivity index (χ4v) is 2.91. The van der Waals surface area contributed by atoms with Gasteiger partial charge in [0.1, 0.15) is 0 Å². The van der Waals surface area contributed by atoms with Gasteiger partial charge in [-0.25, -0.2) is 4.79 Å². The number of nitrogens with one attached hydrogen (secondary N) is 2. The smallest absolute Gasteiger partial charge is 0.319 e. The molecule has 144 valence electrons. The third-order valence-corrected chi connectivity index (χ3v) is 4.47. The maximum Gasteiger partial charge on any atom is 0.319 e. The molecule has 0 spiro atoms. The molecule has 2 amide bonds. The summed E-state index contributed by atoms with van der Waals surface area (Å²) in [4.78, 5) is 36.1. The lowest BCUT2D eigenvalue weighted by atomic mass is 9.91. The number of aliphatic carboxylic acids is 1. The summed E-state index contributed by atoms with van der Waals surface area (Å²) in [7, 11) is 0. The molecule has 0 saturated heterocycles. The van der Waals surface area contributed by atoms with E-state index in [1.165, 1.54) is 0 Å². The van der Waals surface area contributed by atoms with Crippen molar-refractivity contribution in [3.8, 4) is 0 Å². The van der Waals surface area contributed by atoms with E-state index in [0.717, 1.165) is 4.47 Å². The van der Waals surface area contributed by atoms with E-state index in [9.17, 15) is 19.5 Å². The number of urea groups is 1. The standard InChI is InChI=1S/C19H27BrN2O4/c1-4-5-13(18(24)25)11-17(23)16(10-12(2)3)22-19(26)21-15-8-6-14(20)7-9-15/h6-9,12-13,16H,4-5,10-11H2,1-3H3,(H,24,25)(H2,21,22,26)/t13-,16+/m1/s1. The summed E-state index contributed by atoms with van der Waals surface area (Å²) in [6.07, 6.45) is 1.53. The lowest BCUT2D eigenvalue weighted by Gasteiger charge is -2.21. The highest BCUT2D eigenvalue weighted by molar-refractivity contribution is 9.10. The van der Waals surface area contributed by atoms with E-state index < -0.39 is 24.0 Å². The van der Waals surface area contributed by atoms with E-state index in [2.05, 4.69) is 26.6 Å². The molecule has 0 aliphatic rings. The number of benzene rings is 1. The molecule has 0 bridgehead atoms. The van der Waals surface area contributed by atoms with E-state index in [4.69, 9.17) is 0 Å². The third kappa shape index (κ3) is 7.99. The zero-order chi connectivity index (χ0) is 19.7. The normalized spacial score (nSPS) is 13.1. The number of amides is 2. The van der Waals surface area contributed by atoms with Crippen LogP contribution in [-0.2, 0) is 9.59 Å². The molecule has 26 heavy (non-hydrogen) atoms. The Kier molecular flexibility index (Phi) is 9.34. The van der Waals surface area contributed by atoms with Crippen molar-refractivity contribution in [1.29, 1.82) is 0 Å². The van der Waals surface area contributed by atoms with Crippen molar-refractivity contribution in [1.82, 2.24) is 5.32 Å². The fraction of sp³-hybridized carbons (Fsp3) is 0.526. The Hall–Kier alpha value is -1.89. The summed E-state index contributed by atoms with van der Waals surface area (Å²) < 4.78 is 0.895. The van der Waals surface area contributed by atoms with E-state index >= 15 is 0 Å². The Balaban J connectivity index is 2.75. The molecule has 0 unspecified atom stereocenters. The number of anilines is 1. The zero-order valence-electron chi connectivity index (χ0n) is 15.4. The molecule has 7 heteroatoms. The Morgan fingerprint density at radius 2 is 1.77 bits per heavy atom. The lowest BCUT2D eigenvalue weighted by molar-refractivity contribution is -0.144. The summed E-state index contributed by atoms with van der Waals surface area (Å²) in [5, 5.41) is 14.6. The van der Waals surface area contributed by atoms with Crippen LogP contribution in [0.5, 0.6) is 0 Å². The number of ketones is 1. The summed E-state index contributed by atoms with van der Waals surface area (Å²) in [5.74, 6) is -1.74. The molecule has 1 rings (SSSR count). The van der Waals surface area contributed by atoms with Crippen LogP contribution in [0, 0.1) is 11.8 Å². The van der Waals surface area contributed by atoms with Gasteiger partial charge >= 0.3 is 12.0 Å². The van der Waals surface area contributed by atoms with Crippen LogP contribution in [0.25, 0.3) is 0 Å². The second-order valence-corrected chi connectivity index (χ2v) is 7.70. The summed E-state index contributed by atoms with van der Waals surface area (Å²) >= 11 is 3.32. The van der Waals surface area contributed by atoms with Crippen LogP contribution in [0.3, 0.4) is 0 Å². The number of halogens is 1. The van der Waals surface area contributed by atoms with Crippen LogP contribution in [-0.4, -0.2) is 28.9 Å². The van der Waals surface area contributed by atoms with Crippen molar-refractivity contribution in [3.05, 3.63) is 28.7 Å². The Morgan fingerprint density at radius 1 is 1.15 bits per heavy atom. The van der Waals surface area contributed by atoms with Gasteiger partial charge in [0.05, 0.1) is 12.0 Å². The largest absolute Gasteiger partial charge is 0.481 e. The number of carboxylic acids is 1. The molecule has 3 N–H and O–H groups in total. The average Bonchev–Trinajstić information content (AvgIpc) is 2.55. The SMILES string of the molecule is CCC[C@H](CC(=O)[C@H](CC(C)C)NC(=O)Nc1ccc(Br)cc1)C(=O)O. The highest BCUT2D eigenvalue weighted by atomic mass is 79.9. The maximum absolute atomic E-state index is 12.6. The first-order valence-electron chi connectivity index (χ1n) is 8.81. The summed E-state index contributed by atoms with van der Waals surface area (Å²) in [6, 6.07) is 5.90. The number of Topliss-reactive ketones (excluding diaryl/α,β-unsaturated/α-hetero) is 1. The molecule has 0 fully saturated rings. The molecule has 1 aromatic carbocycles. The van der Waals surface area contributed by atoms with Gasteiger partial charge in [-0.1, -0.05) is 43.1 Å². The quantitative estimate of drug-likeness (QED) is 0.514. The van der Waals surface area contributed by atoms with E-state index in [1.807, 2.05) is 20.8 Å². The molecular formula is C19H27BrN2O4. The van der Waals surface area contributed by atoms with Crippen LogP contribution in [0.2, 0.25) is 0 Å². The number of carbonyl (C=O) groups excluding carboxylic acids is 2. The first-order valence-corrected chi connectivity index (χ1v) is 9.60. The van der Waals surface area contributed by atoms with Crippen molar-refractivity contribution < 1.29 is 19.5 Å². The number of hydrogen-bond acceptors (Lipinski definition) is 3. The molecule has 0 aliphatic heterocycles. The molecule has 6 nitrogen and oxygen atoms in total. The Labute approximate surface area is 162 Å². The predicted octanol–water partition coefficient (Wildman–Crippen LogP) is 4.45. The first kappa shape index (κ1) is 22.2. The minimum Gasteiger partial charge on any atom is -0.481 e. The fourth-order valence-electron chi connectivity index (χ4n) is 2.65. The number of carboxylic acid groups (broad SMARTS) is 1. The van der Waals surface area contributed by atoms with Crippen LogP contribution < -0.4 is 10.6 Å². The average molecular weight is 427 g/mol. The second-order valence-electron chi connectivity index (χ2n) is 6.78. The third-order valence-electron chi connectivity index (χ3n) is 3.94. The van der Waals surface area contributed by atoms with Crippen LogP contribution in [0.1, 0.15) is 46.5 Å². The van der Waals surface area contributed by atoms with Crippen molar-refractivity contribution >= 4 is 39.4 Å². The van der Waals surface area contributed by atoms with Gasteiger partial charge in [0.15, 0.2) is 5.78 Å². The van der Waals surface area contributed by atoms with E-state index in [-0.39, 0.29) is 18.1 Å². The molecule has 1 aromatic rings. The molecule has 0 aliphatic carbocycles. The van der Waals surface area contributed by atoms with Gasteiger partial charge in [0.2, 0.25) is 0 Å². The van der Waals surface area contributed by atoms with E-state index in [0.29, 0.717) is 24.9 Å². The highest BCUT2D eigenvalue weighted by Gasteiger charge is 2.27. The van der Waals surface area contributed by atoms with Crippen LogP contribution in [0.15, 0.2) is 28.7 Å². The maximum atomic E-state index is 12.6. The van der Waals surface area contributed by atoms with Crippen molar-refractivity contribution in [2.45, 2.75) is 52.5 Å². The van der Waals surface area contributed by atoms with Gasteiger partial charge in [0.25, 0.3) is 0 Å². The zero-order valence-corrected chi connectivity index (χ0v) is 17.0. The topological polar surface area (TPSA) is 95.5 Å². The number of rotatable bonds is 10. The monoisotopic (exact) mass is 426 g/mol. The molecule has 0 aromatic heterocycles.